The molecule has 0 amide bonds. The predicted octanol–water partition coefficient (Wildman–Crippen LogP) is 5.03. The van der Waals surface area contributed by atoms with Crippen LogP contribution in [0.1, 0.15) is 27.8 Å². The number of ether oxygens (including phenoxy) is 1. The monoisotopic (exact) mass is 408 g/mol. The largest absolute Gasteiger partial charge is 0.483 e. The van der Waals surface area contributed by atoms with Crippen LogP contribution in [0.2, 0.25) is 0 Å². The Labute approximate surface area is 178 Å². The van der Waals surface area contributed by atoms with Crippen molar-refractivity contribution in [1.29, 1.82) is 5.41 Å². The minimum Gasteiger partial charge on any atom is -0.483 e. The van der Waals surface area contributed by atoms with E-state index in [0.717, 1.165) is 29.8 Å². The van der Waals surface area contributed by atoms with Crippen LogP contribution in [0.15, 0.2) is 59.9 Å². The summed E-state index contributed by atoms with van der Waals surface area (Å²) in [6.45, 7) is 10.4. The number of benzene rings is 2. The second-order valence-electron chi connectivity index (χ2n) is 6.71. The molecule has 1 heterocycles. The minimum absolute atomic E-state index is 0.227. The molecule has 2 aromatic carbocycles. The SMILES string of the molecule is C=NC(=N)c1ccc(C)cc1.Cc1cc(OCS)c(C)cc1CCn1cccn1. The summed E-state index contributed by atoms with van der Waals surface area (Å²) in [4.78, 5) is 3.52. The summed E-state index contributed by atoms with van der Waals surface area (Å²) in [5.41, 5.74) is 5.75. The third kappa shape index (κ3) is 6.91. The van der Waals surface area contributed by atoms with Gasteiger partial charge in [-0.2, -0.15) is 5.10 Å². The first-order valence-electron chi connectivity index (χ1n) is 9.38. The van der Waals surface area contributed by atoms with Gasteiger partial charge in [-0.25, -0.2) is 4.99 Å². The number of aryl methyl sites for hydroxylation is 5. The molecule has 1 aromatic heterocycles. The van der Waals surface area contributed by atoms with E-state index in [1.54, 1.807) is 0 Å². The summed E-state index contributed by atoms with van der Waals surface area (Å²) in [5, 5.41) is 11.5. The van der Waals surface area contributed by atoms with Gasteiger partial charge in [-0.05, 0) is 62.7 Å². The van der Waals surface area contributed by atoms with Crippen LogP contribution in [0.3, 0.4) is 0 Å². The Morgan fingerprint density at radius 3 is 2.48 bits per heavy atom. The van der Waals surface area contributed by atoms with Crippen molar-refractivity contribution in [2.75, 3.05) is 5.94 Å². The van der Waals surface area contributed by atoms with E-state index in [1.165, 1.54) is 16.7 Å². The van der Waals surface area contributed by atoms with Crippen LogP contribution in [0.25, 0.3) is 0 Å². The molecule has 3 rings (SSSR count). The molecular weight excluding hydrogens is 380 g/mol. The molecule has 0 aliphatic carbocycles. The molecule has 0 fully saturated rings. The van der Waals surface area contributed by atoms with E-state index < -0.39 is 0 Å². The number of hydrogen-bond donors (Lipinski definition) is 2. The summed E-state index contributed by atoms with van der Waals surface area (Å²) in [6.07, 6.45) is 4.78. The summed E-state index contributed by atoms with van der Waals surface area (Å²) in [5.74, 6) is 1.56. The minimum atomic E-state index is 0.227. The molecule has 5 nitrogen and oxygen atoms in total. The first kappa shape index (κ1) is 22.4. The second kappa shape index (κ2) is 11.2. The fourth-order valence-corrected chi connectivity index (χ4v) is 2.95. The molecule has 0 spiro atoms. The molecule has 0 aliphatic rings. The quantitative estimate of drug-likeness (QED) is 0.260. The maximum absolute atomic E-state index is 7.32. The van der Waals surface area contributed by atoms with E-state index >= 15 is 0 Å². The molecule has 29 heavy (non-hydrogen) atoms. The first-order chi connectivity index (χ1) is 13.9. The highest BCUT2D eigenvalue weighted by Gasteiger charge is 2.05. The Kier molecular flexibility index (Phi) is 8.68. The molecule has 0 saturated carbocycles. The highest BCUT2D eigenvalue weighted by atomic mass is 32.1. The number of aromatic nitrogens is 2. The standard InChI is InChI=1S/C14H18N2OS.C9H10N2/c1-11-9-14(17-10-18)12(2)8-13(11)4-7-16-6-3-5-15-16;1-7-3-5-8(6-4-7)9(10)11-2/h3,5-6,8-9,18H,4,7,10H2,1-2H3;3-6,10H,2H2,1H3. The lowest BCUT2D eigenvalue weighted by molar-refractivity contribution is 0.391. The van der Waals surface area contributed by atoms with Crippen LogP contribution >= 0.6 is 12.6 Å². The maximum atomic E-state index is 7.32. The van der Waals surface area contributed by atoms with E-state index in [1.807, 2.05) is 54.3 Å². The van der Waals surface area contributed by atoms with Crippen LogP contribution in [0.5, 0.6) is 5.75 Å². The van der Waals surface area contributed by atoms with Crippen molar-refractivity contribution < 1.29 is 4.74 Å². The Balaban J connectivity index is 0.000000234. The van der Waals surface area contributed by atoms with Crippen LogP contribution < -0.4 is 4.74 Å². The molecule has 6 heteroatoms. The van der Waals surface area contributed by atoms with Gasteiger partial charge in [0, 0.05) is 24.5 Å². The van der Waals surface area contributed by atoms with Gasteiger partial charge in [0.2, 0.25) is 0 Å². The van der Waals surface area contributed by atoms with Crippen LogP contribution in [0.4, 0.5) is 0 Å². The lowest BCUT2D eigenvalue weighted by Crippen LogP contribution is -2.04. The maximum Gasteiger partial charge on any atom is 0.151 e. The number of amidine groups is 1. The van der Waals surface area contributed by atoms with Gasteiger partial charge in [0.1, 0.15) is 11.7 Å². The van der Waals surface area contributed by atoms with Gasteiger partial charge in [-0.1, -0.05) is 35.9 Å². The van der Waals surface area contributed by atoms with Crippen molar-refractivity contribution in [2.45, 2.75) is 33.7 Å². The zero-order chi connectivity index (χ0) is 21.2. The second-order valence-corrected chi connectivity index (χ2v) is 6.97. The Morgan fingerprint density at radius 2 is 1.90 bits per heavy atom. The van der Waals surface area contributed by atoms with Gasteiger partial charge in [0.15, 0.2) is 5.84 Å². The van der Waals surface area contributed by atoms with Gasteiger partial charge in [0.05, 0.1) is 0 Å². The van der Waals surface area contributed by atoms with Gasteiger partial charge >= 0.3 is 0 Å². The van der Waals surface area contributed by atoms with Crippen LogP contribution in [-0.4, -0.2) is 28.3 Å². The summed E-state index contributed by atoms with van der Waals surface area (Å²) in [6, 6.07) is 13.9. The average Bonchev–Trinajstić information content (AvgIpc) is 3.24. The zero-order valence-corrected chi connectivity index (χ0v) is 18.1. The lowest BCUT2D eigenvalue weighted by Gasteiger charge is -2.12. The number of nitrogens with one attached hydrogen (secondary N) is 1. The van der Waals surface area contributed by atoms with Crippen LogP contribution in [0, 0.1) is 26.2 Å². The first-order valence-corrected chi connectivity index (χ1v) is 10.0. The Bertz CT molecular complexity index is 934. The van der Waals surface area contributed by atoms with Crippen molar-refractivity contribution in [3.63, 3.8) is 0 Å². The number of hydrogen-bond acceptors (Lipinski definition) is 4. The number of rotatable bonds is 6. The van der Waals surface area contributed by atoms with E-state index in [2.05, 4.69) is 55.4 Å². The zero-order valence-electron chi connectivity index (χ0n) is 17.2. The van der Waals surface area contributed by atoms with Crippen LogP contribution in [-0.2, 0) is 13.0 Å². The van der Waals surface area contributed by atoms with Crippen molar-refractivity contribution >= 4 is 25.2 Å². The van der Waals surface area contributed by atoms with E-state index in [4.69, 9.17) is 10.1 Å². The van der Waals surface area contributed by atoms with Crippen molar-refractivity contribution in [2.24, 2.45) is 4.99 Å². The smallest absolute Gasteiger partial charge is 0.151 e. The molecular formula is C23H28N4OS. The third-order valence-electron chi connectivity index (χ3n) is 4.51. The van der Waals surface area contributed by atoms with Gasteiger partial charge in [0.25, 0.3) is 0 Å². The topological polar surface area (TPSA) is 63.3 Å². The molecule has 0 unspecified atom stereocenters. The van der Waals surface area contributed by atoms with Gasteiger partial charge in [-0.3, -0.25) is 10.1 Å². The molecule has 0 radical (unpaired) electrons. The molecule has 0 atom stereocenters. The van der Waals surface area contributed by atoms with E-state index in [9.17, 15) is 0 Å². The highest BCUT2D eigenvalue weighted by Crippen LogP contribution is 2.23. The number of nitrogens with zero attached hydrogens (tertiary/aromatic N) is 3. The van der Waals surface area contributed by atoms with Crippen molar-refractivity contribution in [1.82, 2.24) is 9.78 Å². The fourth-order valence-electron chi connectivity index (χ4n) is 2.81. The summed E-state index contributed by atoms with van der Waals surface area (Å²) >= 11 is 4.09. The van der Waals surface area contributed by atoms with E-state index in [-0.39, 0.29) is 5.84 Å². The predicted molar refractivity (Wildman–Crippen MR) is 124 cm³/mol. The molecule has 0 saturated heterocycles. The molecule has 0 aliphatic heterocycles. The number of aliphatic imine (C=N–C) groups is 1. The number of thiol groups is 1. The molecule has 3 aromatic rings. The Morgan fingerprint density at radius 1 is 1.17 bits per heavy atom. The summed E-state index contributed by atoms with van der Waals surface area (Å²) < 4.78 is 7.42. The lowest BCUT2D eigenvalue weighted by atomic mass is 10.0. The molecule has 0 bridgehead atoms. The normalized spacial score (nSPS) is 10.1. The Hall–Kier alpha value is -2.86. The van der Waals surface area contributed by atoms with Crippen molar-refractivity contribution in [3.8, 4) is 5.75 Å². The summed E-state index contributed by atoms with van der Waals surface area (Å²) in [7, 11) is 0. The fraction of sp³-hybridized carbons (Fsp3) is 0.261. The van der Waals surface area contributed by atoms with Gasteiger partial charge in [-0.15, -0.1) is 12.6 Å². The van der Waals surface area contributed by atoms with Crippen molar-refractivity contribution in [3.05, 3.63) is 82.7 Å². The highest BCUT2D eigenvalue weighted by molar-refractivity contribution is 7.80. The van der Waals surface area contributed by atoms with Gasteiger partial charge < -0.3 is 4.74 Å². The van der Waals surface area contributed by atoms with E-state index in [0.29, 0.717) is 5.94 Å². The average molecular weight is 409 g/mol. The molecule has 152 valence electrons. The molecule has 1 N–H and O–H groups in total. The third-order valence-corrected chi connectivity index (χ3v) is 4.64.